The van der Waals surface area contributed by atoms with Gasteiger partial charge in [0.25, 0.3) is 0 Å². The van der Waals surface area contributed by atoms with E-state index in [4.69, 9.17) is 5.11 Å². The van der Waals surface area contributed by atoms with Gasteiger partial charge in [-0.05, 0) is 44.3 Å². The summed E-state index contributed by atoms with van der Waals surface area (Å²) in [7, 11) is 0. The monoisotopic (exact) mass is 221 g/mol. The SMILES string of the molecule is CCNCCC(CCO)c1ccc(C)cc1. The molecule has 0 saturated heterocycles. The molecule has 0 saturated carbocycles. The van der Waals surface area contributed by atoms with Gasteiger partial charge >= 0.3 is 0 Å². The van der Waals surface area contributed by atoms with Crippen LogP contribution in [0.25, 0.3) is 0 Å². The van der Waals surface area contributed by atoms with Gasteiger partial charge in [-0.25, -0.2) is 0 Å². The first-order chi connectivity index (χ1) is 7.77. The summed E-state index contributed by atoms with van der Waals surface area (Å²) in [6.07, 6.45) is 1.95. The number of aliphatic hydroxyl groups is 1. The van der Waals surface area contributed by atoms with Gasteiger partial charge in [-0.15, -0.1) is 0 Å². The Balaban J connectivity index is 2.57. The highest BCUT2D eigenvalue weighted by Crippen LogP contribution is 2.23. The largest absolute Gasteiger partial charge is 0.396 e. The van der Waals surface area contributed by atoms with E-state index in [2.05, 4.69) is 43.4 Å². The number of hydrogen-bond donors (Lipinski definition) is 2. The molecule has 0 aliphatic rings. The van der Waals surface area contributed by atoms with Gasteiger partial charge in [0, 0.05) is 6.61 Å². The van der Waals surface area contributed by atoms with Crippen molar-refractivity contribution < 1.29 is 5.11 Å². The van der Waals surface area contributed by atoms with Crippen LogP contribution in [0.2, 0.25) is 0 Å². The maximum atomic E-state index is 9.09. The van der Waals surface area contributed by atoms with Crippen molar-refractivity contribution in [1.82, 2.24) is 5.32 Å². The third kappa shape index (κ3) is 4.33. The van der Waals surface area contributed by atoms with Crippen LogP contribution in [0.15, 0.2) is 24.3 Å². The van der Waals surface area contributed by atoms with Gasteiger partial charge in [0.1, 0.15) is 0 Å². The van der Waals surface area contributed by atoms with Crippen molar-refractivity contribution >= 4 is 0 Å². The molecule has 90 valence electrons. The first-order valence-corrected chi connectivity index (χ1v) is 6.16. The molecule has 1 aromatic carbocycles. The third-order valence-corrected chi connectivity index (χ3v) is 2.95. The summed E-state index contributed by atoms with van der Waals surface area (Å²) in [6, 6.07) is 8.66. The maximum Gasteiger partial charge on any atom is 0.0436 e. The minimum atomic E-state index is 0.269. The Morgan fingerprint density at radius 1 is 1.19 bits per heavy atom. The zero-order valence-electron chi connectivity index (χ0n) is 10.4. The Bertz CT molecular complexity index is 281. The Morgan fingerprint density at radius 2 is 1.88 bits per heavy atom. The van der Waals surface area contributed by atoms with Gasteiger partial charge in [-0.1, -0.05) is 36.8 Å². The van der Waals surface area contributed by atoms with Crippen LogP contribution in [0.5, 0.6) is 0 Å². The summed E-state index contributed by atoms with van der Waals surface area (Å²) < 4.78 is 0. The second kappa shape index (κ2) is 7.42. The minimum Gasteiger partial charge on any atom is -0.396 e. The highest BCUT2D eigenvalue weighted by molar-refractivity contribution is 5.24. The van der Waals surface area contributed by atoms with Crippen molar-refractivity contribution in [3.05, 3.63) is 35.4 Å². The third-order valence-electron chi connectivity index (χ3n) is 2.95. The van der Waals surface area contributed by atoms with E-state index in [1.165, 1.54) is 11.1 Å². The standard InChI is InChI=1S/C14H23NO/c1-3-15-10-8-14(9-11-16)13-6-4-12(2)5-7-13/h4-7,14-16H,3,8-11H2,1-2H3. The number of aliphatic hydroxyl groups excluding tert-OH is 1. The molecule has 16 heavy (non-hydrogen) atoms. The lowest BCUT2D eigenvalue weighted by atomic mass is 9.92. The average molecular weight is 221 g/mol. The van der Waals surface area contributed by atoms with Gasteiger partial charge in [0.15, 0.2) is 0 Å². The lowest BCUT2D eigenvalue weighted by Gasteiger charge is -2.16. The highest BCUT2D eigenvalue weighted by Gasteiger charge is 2.10. The molecular weight excluding hydrogens is 198 g/mol. The summed E-state index contributed by atoms with van der Waals surface area (Å²) >= 11 is 0. The molecule has 0 aromatic heterocycles. The van der Waals surface area contributed by atoms with Crippen LogP contribution < -0.4 is 5.32 Å². The molecule has 1 atom stereocenters. The van der Waals surface area contributed by atoms with E-state index in [0.29, 0.717) is 5.92 Å². The van der Waals surface area contributed by atoms with Crippen molar-refractivity contribution in [2.24, 2.45) is 0 Å². The van der Waals surface area contributed by atoms with E-state index < -0.39 is 0 Å². The van der Waals surface area contributed by atoms with E-state index in [0.717, 1.165) is 25.9 Å². The van der Waals surface area contributed by atoms with Gasteiger partial charge in [-0.3, -0.25) is 0 Å². The van der Waals surface area contributed by atoms with Crippen LogP contribution >= 0.6 is 0 Å². The Hall–Kier alpha value is -0.860. The van der Waals surface area contributed by atoms with E-state index in [9.17, 15) is 0 Å². The predicted molar refractivity (Wildman–Crippen MR) is 68.8 cm³/mol. The minimum absolute atomic E-state index is 0.269. The zero-order valence-corrected chi connectivity index (χ0v) is 10.4. The molecule has 0 radical (unpaired) electrons. The fourth-order valence-corrected chi connectivity index (χ4v) is 1.93. The van der Waals surface area contributed by atoms with E-state index >= 15 is 0 Å². The first-order valence-electron chi connectivity index (χ1n) is 6.16. The number of hydrogen-bond acceptors (Lipinski definition) is 2. The molecule has 0 aliphatic carbocycles. The average Bonchev–Trinajstić information content (AvgIpc) is 2.29. The molecule has 0 bridgehead atoms. The summed E-state index contributed by atoms with van der Waals surface area (Å²) in [5.74, 6) is 0.477. The van der Waals surface area contributed by atoms with Crippen LogP contribution in [-0.2, 0) is 0 Å². The molecule has 2 nitrogen and oxygen atoms in total. The number of rotatable bonds is 7. The van der Waals surface area contributed by atoms with E-state index in [-0.39, 0.29) is 6.61 Å². The fourth-order valence-electron chi connectivity index (χ4n) is 1.93. The summed E-state index contributed by atoms with van der Waals surface area (Å²) in [5.41, 5.74) is 2.63. The molecule has 0 spiro atoms. The van der Waals surface area contributed by atoms with Crippen molar-refractivity contribution in [2.45, 2.75) is 32.6 Å². The Morgan fingerprint density at radius 3 is 2.44 bits per heavy atom. The molecule has 2 heteroatoms. The lowest BCUT2D eigenvalue weighted by molar-refractivity contribution is 0.272. The van der Waals surface area contributed by atoms with Crippen molar-refractivity contribution in [2.75, 3.05) is 19.7 Å². The predicted octanol–water partition coefficient (Wildman–Crippen LogP) is 2.46. The van der Waals surface area contributed by atoms with Crippen LogP contribution in [0, 0.1) is 6.92 Å². The molecule has 1 aromatic rings. The smallest absolute Gasteiger partial charge is 0.0436 e. The van der Waals surface area contributed by atoms with E-state index in [1.54, 1.807) is 0 Å². The topological polar surface area (TPSA) is 32.3 Å². The molecule has 0 fully saturated rings. The Kier molecular flexibility index (Phi) is 6.12. The zero-order chi connectivity index (χ0) is 11.8. The molecular formula is C14H23NO. The summed E-state index contributed by atoms with van der Waals surface area (Å²) in [4.78, 5) is 0. The van der Waals surface area contributed by atoms with Gasteiger partial charge in [0.2, 0.25) is 0 Å². The summed E-state index contributed by atoms with van der Waals surface area (Å²) in [6.45, 7) is 6.52. The molecule has 2 N–H and O–H groups in total. The van der Waals surface area contributed by atoms with Crippen LogP contribution in [-0.4, -0.2) is 24.8 Å². The summed E-state index contributed by atoms with van der Waals surface area (Å²) in [5, 5.41) is 12.4. The normalized spacial score (nSPS) is 12.7. The van der Waals surface area contributed by atoms with Crippen LogP contribution in [0.4, 0.5) is 0 Å². The first kappa shape index (κ1) is 13.2. The molecule has 1 rings (SSSR count). The van der Waals surface area contributed by atoms with Crippen LogP contribution in [0.3, 0.4) is 0 Å². The van der Waals surface area contributed by atoms with Crippen LogP contribution in [0.1, 0.15) is 36.8 Å². The van der Waals surface area contributed by atoms with E-state index in [1.807, 2.05) is 0 Å². The second-order valence-electron chi connectivity index (χ2n) is 4.26. The van der Waals surface area contributed by atoms with Gasteiger partial charge < -0.3 is 10.4 Å². The Labute approximate surface area is 98.7 Å². The molecule has 0 aliphatic heterocycles. The molecule has 0 amide bonds. The number of aryl methyl sites for hydroxylation is 1. The van der Waals surface area contributed by atoms with Gasteiger partial charge in [-0.2, -0.15) is 0 Å². The fraction of sp³-hybridized carbons (Fsp3) is 0.571. The number of nitrogens with one attached hydrogen (secondary N) is 1. The van der Waals surface area contributed by atoms with Crippen molar-refractivity contribution in [1.29, 1.82) is 0 Å². The molecule has 1 unspecified atom stereocenters. The maximum absolute atomic E-state index is 9.09. The molecule has 0 heterocycles. The van der Waals surface area contributed by atoms with Crippen molar-refractivity contribution in [3.63, 3.8) is 0 Å². The van der Waals surface area contributed by atoms with Crippen molar-refractivity contribution in [3.8, 4) is 0 Å². The second-order valence-corrected chi connectivity index (χ2v) is 4.26. The lowest BCUT2D eigenvalue weighted by Crippen LogP contribution is -2.17. The quantitative estimate of drug-likeness (QED) is 0.693. The number of benzene rings is 1. The van der Waals surface area contributed by atoms with Gasteiger partial charge in [0.05, 0.1) is 0 Å². The highest BCUT2D eigenvalue weighted by atomic mass is 16.3.